The summed E-state index contributed by atoms with van der Waals surface area (Å²) in [5.74, 6) is 4.60. The number of hydrogen-bond acceptors (Lipinski definition) is 1. The predicted octanol–water partition coefficient (Wildman–Crippen LogP) is 3.96. The molecule has 0 aliphatic heterocycles. The summed E-state index contributed by atoms with van der Waals surface area (Å²) in [6.45, 7) is 12.2. The quantitative estimate of drug-likeness (QED) is 0.752. The first kappa shape index (κ1) is 14.0. The Morgan fingerprint density at radius 3 is 2.19 bits per heavy atom. The molecule has 0 aromatic heterocycles. The topological polar surface area (TPSA) is 20.2 Å². The van der Waals surface area contributed by atoms with Crippen LogP contribution in [0.15, 0.2) is 0 Å². The molecule has 0 aromatic carbocycles. The summed E-state index contributed by atoms with van der Waals surface area (Å²) in [6, 6.07) is 0. The first-order chi connectivity index (χ1) is 7.51. The minimum Gasteiger partial charge on any atom is -0.396 e. The van der Waals surface area contributed by atoms with Crippen LogP contribution in [0.4, 0.5) is 0 Å². The van der Waals surface area contributed by atoms with Crippen LogP contribution in [0.25, 0.3) is 0 Å². The second-order valence-electron chi connectivity index (χ2n) is 6.36. The monoisotopic (exact) mass is 226 g/mol. The van der Waals surface area contributed by atoms with Crippen molar-refractivity contribution in [1.29, 1.82) is 0 Å². The lowest BCUT2D eigenvalue weighted by Gasteiger charge is -2.32. The largest absolute Gasteiger partial charge is 0.396 e. The maximum Gasteiger partial charge on any atom is 0.0461 e. The van der Waals surface area contributed by atoms with Crippen LogP contribution in [0.2, 0.25) is 0 Å². The van der Waals surface area contributed by atoms with Crippen molar-refractivity contribution in [3.05, 3.63) is 0 Å². The van der Waals surface area contributed by atoms with Crippen LogP contribution in [0, 0.1) is 35.5 Å². The van der Waals surface area contributed by atoms with Gasteiger partial charge < -0.3 is 5.11 Å². The van der Waals surface area contributed by atoms with Crippen LogP contribution in [0.1, 0.15) is 53.9 Å². The van der Waals surface area contributed by atoms with Crippen molar-refractivity contribution in [2.24, 2.45) is 35.5 Å². The highest BCUT2D eigenvalue weighted by Gasteiger charge is 2.37. The van der Waals surface area contributed by atoms with Gasteiger partial charge in [0, 0.05) is 6.61 Å². The molecular formula is C15H30O. The third-order valence-electron chi connectivity index (χ3n) is 4.93. The molecule has 5 unspecified atom stereocenters. The van der Waals surface area contributed by atoms with E-state index in [0.29, 0.717) is 12.5 Å². The molecular weight excluding hydrogens is 196 g/mol. The van der Waals surface area contributed by atoms with E-state index in [1.165, 1.54) is 19.3 Å². The minimum atomic E-state index is 0.392. The average molecular weight is 226 g/mol. The van der Waals surface area contributed by atoms with E-state index in [2.05, 4.69) is 34.6 Å². The Kier molecular flexibility index (Phi) is 5.30. The molecule has 5 atom stereocenters. The predicted molar refractivity (Wildman–Crippen MR) is 70.2 cm³/mol. The fraction of sp³-hybridized carbons (Fsp3) is 1.00. The Morgan fingerprint density at radius 2 is 1.81 bits per heavy atom. The molecule has 0 bridgehead atoms. The highest BCUT2D eigenvalue weighted by Crippen LogP contribution is 2.45. The van der Waals surface area contributed by atoms with Crippen molar-refractivity contribution in [3.8, 4) is 0 Å². The van der Waals surface area contributed by atoms with Gasteiger partial charge in [0.1, 0.15) is 0 Å². The Hall–Kier alpha value is -0.0400. The first-order valence-electron chi connectivity index (χ1n) is 7.12. The Morgan fingerprint density at radius 1 is 1.19 bits per heavy atom. The van der Waals surface area contributed by atoms with Crippen molar-refractivity contribution in [1.82, 2.24) is 0 Å². The number of aliphatic hydroxyl groups excluding tert-OH is 1. The maximum absolute atomic E-state index is 9.37. The van der Waals surface area contributed by atoms with Crippen LogP contribution in [0.3, 0.4) is 0 Å². The van der Waals surface area contributed by atoms with Gasteiger partial charge in [-0.25, -0.2) is 0 Å². The van der Waals surface area contributed by atoms with Gasteiger partial charge in [-0.15, -0.1) is 0 Å². The number of rotatable bonds is 5. The van der Waals surface area contributed by atoms with Gasteiger partial charge in [-0.1, -0.05) is 41.0 Å². The highest BCUT2D eigenvalue weighted by molar-refractivity contribution is 4.87. The zero-order chi connectivity index (χ0) is 12.3. The second-order valence-corrected chi connectivity index (χ2v) is 6.36. The van der Waals surface area contributed by atoms with E-state index in [9.17, 15) is 5.11 Å². The third-order valence-corrected chi connectivity index (χ3v) is 4.93. The van der Waals surface area contributed by atoms with Crippen LogP contribution in [-0.4, -0.2) is 11.7 Å². The Labute approximate surface area is 102 Å². The summed E-state index contributed by atoms with van der Waals surface area (Å²) in [4.78, 5) is 0. The van der Waals surface area contributed by atoms with Crippen molar-refractivity contribution >= 4 is 0 Å². The van der Waals surface area contributed by atoms with Gasteiger partial charge in [0.05, 0.1) is 0 Å². The maximum atomic E-state index is 9.37. The lowest BCUT2D eigenvalue weighted by molar-refractivity contribution is 0.160. The lowest BCUT2D eigenvalue weighted by Crippen LogP contribution is -2.25. The summed E-state index contributed by atoms with van der Waals surface area (Å²) in [5.41, 5.74) is 0. The SMILES string of the molecule is CCC(C)C(C(C)C)C1CC(C)C(CO)C1. The van der Waals surface area contributed by atoms with E-state index in [-0.39, 0.29) is 0 Å². The average Bonchev–Trinajstić information content (AvgIpc) is 2.58. The fourth-order valence-electron chi connectivity index (χ4n) is 3.89. The molecule has 1 saturated carbocycles. The molecule has 1 heteroatoms. The van der Waals surface area contributed by atoms with Crippen molar-refractivity contribution in [3.63, 3.8) is 0 Å². The molecule has 1 nitrogen and oxygen atoms in total. The van der Waals surface area contributed by atoms with E-state index < -0.39 is 0 Å². The van der Waals surface area contributed by atoms with Crippen LogP contribution in [0.5, 0.6) is 0 Å². The van der Waals surface area contributed by atoms with Crippen molar-refractivity contribution in [2.75, 3.05) is 6.61 Å². The van der Waals surface area contributed by atoms with Gasteiger partial charge in [0.2, 0.25) is 0 Å². The smallest absolute Gasteiger partial charge is 0.0461 e. The number of hydrogen-bond donors (Lipinski definition) is 1. The molecule has 1 fully saturated rings. The molecule has 0 radical (unpaired) electrons. The van der Waals surface area contributed by atoms with Gasteiger partial charge in [-0.2, -0.15) is 0 Å². The summed E-state index contributed by atoms with van der Waals surface area (Å²) in [6.07, 6.45) is 3.88. The molecule has 96 valence electrons. The van der Waals surface area contributed by atoms with E-state index in [1.807, 2.05) is 0 Å². The van der Waals surface area contributed by atoms with Crippen molar-refractivity contribution in [2.45, 2.75) is 53.9 Å². The Bertz CT molecular complexity index is 200. The number of aliphatic hydroxyl groups is 1. The second kappa shape index (κ2) is 6.05. The molecule has 1 rings (SSSR count). The molecule has 1 N–H and O–H groups in total. The lowest BCUT2D eigenvalue weighted by atomic mass is 9.73. The molecule has 0 spiro atoms. The molecule has 1 aliphatic rings. The molecule has 0 amide bonds. The summed E-state index contributed by atoms with van der Waals surface area (Å²) >= 11 is 0. The summed E-state index contributed by atoms with van der Waals surface area (Å²) in [5, 5.41) is 9.37. The molecule has 1 aliphatic carbocycles. The van der Waals surface area contributed by atoms with E-state index in [1.54, 1.807) is 0 Å². The zero-order valence-corrected chi connectivity index (χ0v) is 11.7. The fourth-order valence-corrected chi connectivity index (χ4v) is 3.89. The van der Waals surface area contributed by atoms with Crippen molar-refractivity contribution < 1.29 is 5.11 Å². The van der Waals surface area contributed by atoms with Crippen LogP contribution < -0.4 is 0 Å². The molecule has 0 saturated heterocycles. The minimum absolute atomic E-state index is 0.392. The molecule has 16 heavy (non-hydrogen) atoms. The van der Waals surface area contributed by atoms with Gasteiger partial charge in [-0.3, -0.25) is 0 Å². The van der Waals surface area contributed by atoms with E-state index in [4.69, 9.17) is 0 Å². The molecule has 0 heterocycles. The third kappa shape index (κ3) is 3.00. The zero-order valence-electron chi connectivity index (χ0n) is 11.7. The highest BCUT2D eigenvalue weighted by atomic mass is 16.3. The van der Waals surface area contributed by atoms with Gasteiger partial charge in [0.15, 0.2) is 0 Å². The first-order valence-corrected chi connectivity index (χ1v) is 7.12. The van der Waals surface area contributed by atoms with Gasteiger partial charge >= 0.3 is 0 Å². The van der Waals surface area contributed by atoms with E-state index >= 15 is 0 Å². The summed E-state index contributed by atoms with van der Waals surface area (Å²) < 4.78 is 0. The normalized spacial score (nSPS) is 34.3. The Balaban J connectivity index is 2.67. The van der Waals surface area contributed by atoms with Crippen LogP contribution >= 0.6 is 0 Å². The molecule has 0 aromatic rings. The standard InChI is InChI=1S/C15H30O/c1-6-11(4)15(10(2)3)13-7-12(5)14(8-13)9-16/h10-16H,6-9H2,1-5H3. The van der Waals surface area contributed by atoms with Crippen LogP contribution in [-0.2, 0) is 0 Å². The van der Waals surface area contributed by atoms with Gasteiger partial charge in [0.25, 0.3) is 0 Å². The van der Waals surface area contributed by atoms with Gasteiger partial charge in [-0.05, 0) is 48.3 Å². The summed E-state index contributed by atoms with van der Waals surface area (Å²) in [7, 11) is 0. The van der Waals surface area contributed by atoms with E-state index in [0.717, 1.165) is 29.6 Å².